The van der Waals surface area contributed by atoms with Crippen LogP contribution in [0.5, 0.6) is 5.75 Å². The van der Waals surface area contributed by atoms with Gasteiger partial charge in [-0.2, -0.15) is 0 Å². The van der Waals surface area contributed by atoms with E-state index in [2.05, 4.69) is 5.32 Å². The molecule has 0 radical (unpaired) electrons. The number of nitrogens with zero attached hydrogens (tertiary/aromatic N) is 1. The van der Waals surface area contributed by atoms with E-state index in [9.17, 15) is 9.59 Å². The first-order valence-electron chi connectivity index (χ1n) is 12.6. The maximum absolute atomic E-state index is 13.9. The summed E-state index contributed by atoms with van der Waals surface area (Å²) >= 11 is 13.0. The normalized spacial score (nSPS) is 14.2. The Morgan fingerprint density at radius 3 is 2.19 bits per heavy atom. The number of rotatable bonds is 10. The van der Waals surface area contributed by atoms with Gasteiger partial charge >= 0.3 is 0 Å². The second-order valence-corrected chi connectivity index (χ2v) is 10.3. The molecule has 0 bridgehead atoms. The number of halogens is 2. The highest BCUT2D eigenvalue weighted by Gasteiger charge is 2.33. The quantitative estimate of drug-likeness (QED) is 0.332. The summed E-state index contributed by atoms with van der Waals surface area (Å²) in [4.78, 5) is 29.3. The van der Waals surface area contributed by atoms with Gasteiger partial charge < -0.3 is 15.0 Å². The van der Waals surface area contributed by atoms with Gasteiger partial charge in [0.1, 0.15) is 11.8 Å². The molecular formula is C30H32Cl2N2O3. The lowest BCUT2D eigenvalue weighted by atomic mass is 10.0. The van der Waals surface area contributed by atoms with Crippen LogP contribution in [0.4, 0.5) is 0 Å². The van der Waals surface area contributed by atoms with Crippen molar-refractivity contribution >= 4 is 35.0 Å². The molecule has 3 aromatic carbocycles. The van der Waals surface area contributed by atoms with Crippen LogP contribution in [0.1, 0.15) is 42.4 Å². The Hall–Kier alpha value is -3.02. The van der Waals surface area contributed by atoms with Crippen LogP contribution in [-0.2, 0) is 29.0 Å². The molecule has 1 atom stereocenters. The van der Waals surface area contributed by atoms with E-state index in [4.69, 9.17) is 27.9 Å². The molecule has 37 heavy (non-hydrogen) atoms. The smallest absolute Gasteiger partial charge is 0.243 e. The van der Waals surface area contributed by atoms with Crippen molar-refractivity contribution in [2.75, 3.05) is 7.11 Å². The molecular weight excluding hydrogens is 507 g/mol. The molecule has 4 rings (SSSR count). The van der Waals surface area contributed by atoms with Gasteiger partial charge in [-0.3, -0.25) is 9.59 Å². The highest BCUT2D eigenvalue weighted by atomic mass is 35.5. The van der Waals surface area contributed by atoms with Crippen molar-refractivity contribution < 1.29 is 14.3 Å². The molecule has 5 nitrogen and oxygen atoms in total. The molecule has 0 heterocycles. The van der Waals surface area contributed by atoms with Crippen LogP contribution in [0.2, 0.25) is 10.0 Å². The number of hydrogen-bond acceptors (Lipinski definition) is 3. The Balaban J connectivity index is 1.68. The number of carbonyl (C=O) groups is 2. The van der Waals surface area contributed by atoms with Crippen molar-refractivity contribution in [2.24, 2.45) is 0 Å². The predicted molar refractivity (Wildman–Crippen MR) is 148 cm³/mol. The van der Waals surface area contributed by atoms with Crippen LogP contribution in [0, 0.1) is 0 Å². The molecule has 0 aromatic heterocycles. The second-order valence-electron chi connectivity index (χ2n) is 9.44. The Labute approximate surface area is 228 Å². The fourth-order valence-corrected chi connectivity index (χ4v) is 5.31. The summed E-state index contributed by atoms with van der Waals surface area (Å²) in [7, 11) is 1.60. The third-order valence-electron chi connectivity index (χ3n) is 6.88. The van der Waals surface area contributed by atoms with Crippen LogP contribution in [-0.4, -0.2) is 35.9 Å². The van der Waals surface area contributed by atoms with E-state index in [0.29, 0.717) is 27.8 Å². The van der Waals surface area contributed by atoms with Crippen molar-refractivity contribution in [3.05, 3.63) is 99.5 Å². The van der Waals surface area contributed by atoms with E-state index in [-0.39, 0.29) is 30.8 Å². The maximum Gasteiger partial charge on any atom is 0.243 e. The van der Waals surface area contributed by atoms with Crippen molar-refractivity contribution in [2.45, 2.75) is 57.2 Å². The molecule has 0 spiro atoms. The monoisotopic (exact) mass is 538 g/mol. The van der Waals surface area contributed by atoms with Crippen LogP contribution in [0.15, 0.2) is 72.8 Å². The zero-order chi connectivity index (χ0) is 26.2. The molecule has 7 heteroatoms. The van der Waals surface area contributed by atoms with Crippen molar-refractivity contribution in [1.82, 2.24) is 10.2 Å². The zero-order valence-corrected chi connectivity index (χ0v) is 22.5. The summed E-state index contributed by atoms with van der Waals surface area (Å²) in [5, 5.41) is 4.14. The van der Waals surface area contributed by atoms with Crippen molar-refractivity contribution in [3.8, 4) is 5.75 Å². The van der Waals surface area contributed by atoms with E-state index in [0.717, 1.165) is 36.8 Å². The third-order valence-corrected chi connectivity index (χ3v) is 7.59. The van der Waals surface area contributed by atoms with E-state index >= 15 is 0 Å². The molecule has 1 saturated carbocycles. The van der Waals surface area contributed by atoms with E-state index in [1.54, 1.807) is 30.2 Å². The minimum atomic E-state index is -0.721. The van der Waals surface area contributed by atoms with Gasteiger partial charge in [0.25, 0.3) is 0 Å². The number of carbonyl (C=O) groups excluding carboxylic acids is 2. The molecule has 0 aliphatic heterocycles. The number of nitrogens with one attached hydrogen (secondary N) is 1. The summed E-state index contributed by atoms with van der Waals surface area (Å²) in [5.41, 5.74) is 2.43. The summed E-state index contributed by atoms with van der Waals surface area (Å²) in [6.07, 6.45) is 4.64. The predicted octanol–water partition coefficient (Wildman–Crippen LogP) is 6.24. The number of hydrogen-bond donors (Lipinski definition) is 1. The molecule has 3 aromatic rings. The molecule has 194 valence electrons. The van der Waals surface area contributed by atoms with Gasteiger partial charge in [-0.25, -0.2) is 0 Å². The van der Waals surface area contributed by atoms with Gasteiger partial charge in [0.15, 0.2) is 0 Å². The van der Waals surface area contributed by atoms with Crippen LogP contribution in [0.3, 0.4) is 0 Å². The molecule has 0 saturated heterocycles. The van der Waals surface area contributed by atoms with Crippen LogP contribution >= 0.6 is 23.2 Å². The van der Waals surface area contributed by atoms with Gasteiger partial charge in [-0.1, -0.05) is 84.6 Å². The molecule has 1 N–H and O–H groups in total. The summed E-state index contributed by atoms with van der Waals surface area (Å²) in [6.45, 7) is 0.128. The Bertz CT molecular complexity index is 1170. The highest BCUT2D eigenvalue weighted by molar-refractivity contribution is 6.36. The Morgan fingerprint density at radius 1 is 0.919 bits per heavy atom. The standard InChI is InChI=1S/C30H32Cl2N2O3/c1-37-24-16-14-22(15-17-24)19-29(35)34(20-25-26(31)12-7-13-27(25)32)28(18-21-8-3-2-4-9-21)30(36)33-23-10-5-6-11-23/h2-4,7-9,12-17,23,28H,5-6,10-11,18-20H2,1H3,(H,33,36)/t28-/m1/s1. The highest BCUT2D eigenvalue weighted by Crippen LogP contribution is 2.28. The van der Waals surface area contributed by atoms with Gasteiger partial charge in [0.05, 0.1) is 13.5 Å². The zero-order valence-electron chi connectivity index (χ0n) is 21.0. The molecule has 1 fully saturated rings. The summed E-state index contributed by atoms with van der Waals surface area (Å²) < 4.78 is 5.25. The minimum absolute atomic E-state index is 0.128. The van der Waals surface area contributed by atoms with Crippen LogP contribution < -0.4 is 10.1 Å². The number of benzene rings is 3. The third kappa shape index (κ3) is 7.27. The average Bonchev–Trinajstić information content (AvgIpc) is 3.41. The number of amides is 2. The number of methoxy groups -OCH3 is 1. The number of ether oxygens (including phenoxy) is 1. The van der Waals surface area contributed by atoms with Gasteiger partial charge in [0.2, 0.25) is 11.8 Å². The second kappa shape index (κ2) is 13.0. The summed E-state index contributed by atoms with van der Waals surface area (Å²) in [6, 6.07) is 21.8. The largest absolute Gasteiger partial charge is 0.497 e. The molecule has 2 amide bonds. The lowest BCUT2D eigenvalue weighted by Gasteiger charge is -2.33. The summed E-state index contributed by atoms with van der Waals surface area (Å²) in [5.74, 6) is 0.388. The first-order valence-corrected chi connectivity index (χ1v) is 13.4. The molecule has 0 unspecified atom stereocenters. The molecule has 1 aliphatic carbocycles. The topological polar surface area (TPSA) is 58.6 Å². The van der Waals surface area contributed by atoms with E-state index in [1.165, 1.54) is 0 Å². The lowest BCUT2D eigenvalue weighted by Crippen LogP contribution is -2.52. The van der Waals surface area contributed by atoms with E-state index in [1.807, 2.05) is 54.6 Å². The fraction of sp³-hybridized carbons (Fsp3) is 0.333. The Morgan fingerprint density at radius 2 is 1.57 bits per heavy atom. The lowest BCUT2D eigenvalue weighted by molar-refractivity contribution is -0.141. The van der Waals surface area contributed by atoms with Crippen molar-refractivity contribution in [3.63, 3.8) is 0 Å². The van der Waals surface area contributed by atoms with Gasteiger partial charge in [-0.05, 0) is 48.2 Å². The van der Waals surface area contributed by atoms with Gasteiger partial charge in [0, 0.05) is 34.6 Å². The fourth-order valence-electron chi connectivity index (χ4n) is 4.79. The average molecular weight is 540 g/mol. The molecule has 1 aliphatic rings. The minimum Gasteiger partial charge on any atom is -0.497 e. The Kier molecular flexibility index (Phi) is 9.48. The van der Waals surface area contributed by atoms with E-state index < -0.39 is 6.04 Å². The van der Waals surface area contributed by atoms with Crippen LogP contribution in [0.25, 0.3) is 0 Å². The van der Waals surface area contributed by atoms with Gasteiger partial charge in [-0.15, -0.1) is 0 Å². The first-order chi connectivity index (χ1) is 17.9. The van der Waals surface area contributed by atoms with Crippen molar-refractivity contribution in [1.29, 1.82) is 0 Å². The SMILES string of the molecule is COc1ccc(CC(=O)N(Cc2c(Cl)cccc2Cl)[C@H](Cc2ccccc2)C(=O)NC2CCCC2)cc1. The maximum atomic E-state index is 13.9. The first kappa shape index (κ1) is 27.0.